The van der Waals surface area contributed by atoms with Crippen molar-refractivity contribution < 1.29 is 18.1 Å². The summed E-state index contributed by atoms with van der Waals surface area (Å²) in [5.74, 6) is 1.30. The monoisotopic (exact) mass is 724 g/mol. The van der Waals surface area contributed by atoms with Crippen molar-refractivity contribution in [2.24, 2.45) is 4.99 Å². The predicted molar refractivity (Wildman–Crippen MR) is 207 cm³/mol. The number of hydrogen-bond donors (Lipinski definition) is 0. The van der Waals surface area contributed by atoms with E-state index in [0.29, 0.717) is 30.0 Å². The Labute approximate surface area is 306 Å². The summed E-state index contributed by atoms with van der Waals surface area (Å²) < 4.78 is 27.5. The zero-order chi connectivity index (χ0) is 36.2. The lowest BCUT2D eigenvalue weighted by molar-refractivity contribution is -0.0331. The van der Waals surface area contributed by atoms with E-state index in [1.165, 1.54) is 18.4 Å². The van der Waals surface area contributed by atoms with E-state index in [2.05, 4.69) is 114 Å². The largest absolute Gasteiger partial charge is 0.497 e. The van der Waals surface area contributed by atoms with Gasteiger partial charge in [-0.2, -0.15) is 0 Å². The SMILES string of the molecule is COc1ccc(C(SOC[C@H]2O[C@@H](n3cnc4c(/N=C/N(C)C)ncnc43)C[C@@H]2O[Si](C)(C)C(C)(C)C)(c2ccccc2)c2ccccc2)cc1. The molecule has 1 aliphatic rings. The number of imidazole rings is 1. The normalized spacial score (nSPS) is 18.5. The van der Waals surface area contributed by atoms with Crippen molar-refractivity contribution >= 4 is 43.7 Å². The summed E-state index contributed by atoms with van der Waals surface area (Å²) in [5, 5.41) is 0.0175. The highest BCUT2D eigenvalue weighted by Crippen LogP contribution is 2.50. The van der Waals surface area contributed by atoms with E-state index in [0.717, 1.165) is 22.4 Å². The maximum absolute atomic E-state index is 7.08. The van der Waals surface area contributed by atoms with E-state index in [1.807, 2.05) is 47.8 Å². The molecule has 2 aromatic heterocycles. The molecule has 5 aromatic rings. The minimum Gasteiger partial charge on any atom is -0.497 e. The first-order chi connectivity index (χ1) is 24.4. The summed E-state index contributed by atoms with van der Waals surface area (Å²) in [7, 11) is 3.33. The molecule has 3 heterocycles. The first kappa shape index (κ1) is 36.7. The minimum absolute atomic E-state index is 0.0175. The molecular weight excluding hydrogens is 677 g/mol. The van der Waals surface area contributed by atoms with Gasteiger partial charge < -0.3 is 23.0 Å². The van der Waals surface area contributed by atoms with Crippen molar-refractivity contribution in [3.63, 3.8) is 0 Å². The van der Waals surface area contributed by atoms with Crippen LogP contribution in [0.15, 0.2) is 103 Å². The third-order valence-electron chi connectivity index (χ3n) is 9.77. The maximum atomic E-state index is 7.08. The van der Waals surface area contributed by atoms with Crippen LogP contribution in [0.4, 0.5) is 5.82 Å². The third-order valence-corrected chi connectivity index (χ3v) is 15.5. The fourth-order valence-electron chi connectivity index (χ4n) is 6.02. The highest BCUT2D eigenvalue weighted by molar-refractivity contribution is 7.96. The molecule has 1 saturated heterocycles. The van der Waals surface area contributed by atoms with Gasteiger partial charge in [-0.1, -0.05) is 93.6 Å². The number of fused-ring (bicyclic) bond motifs is 1. The number of methoxy groups -OCH3 is 1. The van der Waals surface area contributed by atoms with Crippen molar-refractivity contribution in [3.05, 3.63) is 114 Å². The number of hydrogen-bond acceptors (Lipinski definition) is 9. The fraction of sp³-hybridized carbons (Fsp3) is 0.385. The van der Waals surface area contributed by atoms with E-state index in [-0.39, 0.29) is 23.5 Å². The third kappa shape index (κ3) is 7.75. The molecule has 51 heavy (non-hydrogen) atoms. The summed E-state index contributed by atoms with van der Waals surface area (Å²) in [4.78, 5) is 20.0. The van der Waals surface area contributed by atoms with Crippen molar-refractivity contribution in [2.45, 2.75) is 68.5 Å². The second-order valence-corrected chi connectivity index (χ2v) is 20.3. The van der Waals surface area contributed by atoms with E-state index >= 15 is 0 Å². The molecule has 1 fully saturated rings. The first-order valence-corrected chi connectivity index (χ1v) is 20.9. The quantitative estimate of drug-likeness (QED) is 0.0390. The Kier molecular flexibility index (Phi) is 11.0. The van der Waals surface area contributed by atoms with Crippen molar-refractivity contribution in [3.8, 4) is 5.75 Å². The molecule has 0 radical (unpaired) electrons. The van der Waals surface area contributed by atoms with Crippen LogP contribution in [0.2, 0.25) is 18.1 Å². The number of ether oxygens (including phenoxy) is 2. The van der Waals surface area contributed by atoms with Gasteiger partial charge in [0.05, 0.1) is 32.5 Å². The summed E-state index contributed by atoms with van der Waals surface area (Å²) in [6, 6.07) is 29.2. The lowest BCUT2D eigenvalue weighted by atomic mass is 9.84. The second-order valence-electron chi connectivity index (χ2n) is 14.5. The molecule has 0 saturated carbocycles. The van der Waals surface area contributed by atoms with Crippen LogP contribution in [-0.4, -0.2) is 79.1 Å². The van der Waals surface area contributed by atoms with Gasteiger partial charge >= 0.3 is 0 Å². The van der Waals surface area contributed by atoms with Crippen LogP contribution in [0, 0.1) is 0 Å². The Morgan fingerprint density at radius 3 is 2.14 bits per heavy atom. The average molecular weight is 725 g/mol. The van der Waals surface area contributed by atoms with Gasteiger partial charge in [-0.15, -0.1) is 0 Å². The van der Waals surface area contributed by atoms with Gasteiger partial charge in [0.1, 0.15) is 29.2 Å². The van der Waals surface area contributed by atoms with Gasteiger partial charge in [0.15, 0.2) is 25.3 Å². The smallest absolute Gasteiger partial charge is 0.192 e. The van der Waals surface area contributed by atoms with Crippen LogP contribution in [0.1, 0.15) is 50.1 Å². The maximum Gasteiger partial charge on any atom is 0.192 e. The number of benzene rings is 3. The molecule has 3 atom stereocenters. The molecule has 0 unspecified atom stereocenters. The topological polar surface area (TPSA) is 96.1 Å². The van der Waals surface area contributed by atoms with Crippen molar-refractivity contribution in [2.75, 3.05) is 27.8 Å². The van der Waals surface area contributed by atoms with Crippen molar-refractivity contribution in [1.82, 2.24) is 24.4 Å². The molecule has 1 aliphatic heterocycles. The van der Waals surface area contributed by atoms with Crippen molar-refractivity contribution in [1.29, 1.82) is 0 Å². The summed E-state index contributed by atoms with van der Waals surface area (Å²) in [5.41, 5.74) is 4.55. The standard InChI is InChI=1S/C39H48N6O4SSi/c1-38(2,3)51(7,8)49-32-23-34(45-27-42-35-36(43-26-44(4)5)40-25-41-37(35)45)48-33(32)24-47-50-39(28-15-11-9-12-16-28,29-17-13-10-14-18-29)30-19-21-31(46-6)22-20-30/h9-22,25-27,32-34H,23-24H2,1-8H3/b43-26+/t32-,33+,34+/m0/s1. The Hall–Kier alpha value is -4.07. The van der Waals surface area contributed by atoms with Crippen LogP contribution >= 0.6 is 12.0 Å². The predicted octanol–water partition coefficient (Wildman–Crippen LogP) is 8.39. The molecular formula is C39H48N6O4SSi. The summed E-state index contributed by atoms with van der Waals surface area (Å²) in [6.45, 7) is 11.6. The molecule has 12 heteroatoms. The molecule has 268 valence electrons. The Morgan fingerprint density at radius 2 is 1.55 bits per heavy atom. The Bertz CT molecular complexity index is 1880. The summed E-state index contributed by atoms with van der Waals surface area (Å²) >= 11 is 1.44. The molecule has 0 amide bonds. The molecule has 3 aromatic carbocycles. The Balaban J connectivity index is 1.33. The van der Waals surface area contributed by atoms with Gasteiger partial charge in [0, 0.05) is 32.6 Å². The van der Waals surface area contributed by atoms with Crippen LogP contribution in [0.25, 0.3) is 11.2 Å². The van der Waals surface area contributed by atoms with Crippen LogP contribution < -0.4 is 4.74 Å². The highest BCUT2D eigenvalue weighted by Gasteiger charge is 2.46. The average Bonchev–Trinajstić information content (AvgIpc) is 3.73. The van der Waals surface area contributed by atoms with E-state index in [4.69, 9.17) is 18.1 Å². The second kappa shape index (κ2) is 15.3. The van der Waals surface area contributed by atoms with E-state index < -0.39 is 13.1 Å². The zero-order valence-corrected chi connectivity index (χ0v) is 32.5. The van der Waals surface area contributed by atoms with Gasteiger partial charge in [-0.05, 0) is 47.0 Å². The highest BCUT2D eigenvalue weighted by atomic mass is 32.2. The molecule has 0 aliphatic carbocycles. The first-order valence-electron chi connectivity index (χ1n) is 17.2. The number of rotatable bonds is 13. The molecule has 0 N–H and O–H groups in total. The molecule has 10 nitrogen and oxygen atoms in total. The Morgan fingerprint density at radius 1 is 0.922 bits per heavy atom. The van der Waals surface area contributed by atoms with Gasteiger partial charge in [-0.25, -0.2) is 19.9 Å². The van der Waals surface area contributed by atoms with E-state index in [1.54, 1.807) is 19.8 Å². The molecule has 0 bridgehead atoms. The minimum atomic E-state index is -2.18. The number of aromatic nitrogens is 4. The number of aliphatic imine (C=N–C) groups is 1. The van der Waals surface area contributed by atoms with Gasteiger partial charge in [0.25, 0.3) is 0 Å². The number of nitrogens with zero attached hydrogens (tertiary/aromatic N) is 6. The molecule has 0 spiro atoms. The van der Waals surface area contributed by atoms with Crippen LogP contribution in [0.3, 0.4) is 0 Å². The van der Waals surface area contributed by atoms with E-state index in [9.17, 15) is 0 Å². The van der Waals surface area contributed by atoms with Crippen LogP contribution in [0.5, 0.6) is 5.75 Å². The van der Waals surface area contributed by atoms with Gasteiger partial charge in [-0.3, -0.25) is 4.57 Å². The lowest BCUT2D eigenvalue weighted by Gasteiger charge is -2.39. The molecule has 6 rings (SSSR count). The lowest BCUT2D eigenvalue weighted by Crippen LogP contribution is -2.46. The fourth-order valence-corrected chi connectivity index (χ4v) is 8.45. The zero-order valence-electron chi connectivity index (χ0n) is 30.7. The van der Waals surface area contributed by atoms with Crippen LogP contribution in [-0.2, 0) is 18.1 Å². The summed E-state index contributed by atoms with van der Waals surface area (Å²) in [6.07, 6.45) is 4.70. The van der Waals surface area contributed by atoms with Gasteiger partial charge in [0.2, 0.25) is 0 Å².